The topological polar surface area (TPSA) is 12.0 Å². The van der Waals surface area contributed by atoms with Gasteiger partial charge >= 0.3 is 0 Å². The molecule has 1 aliphatic rings. The van der Waals surface area contributed by atoms with Crippen LogP contribution in [-0.2, 0) is 0 Å². The number of hydrogen-bond acceptors (Lipinski definition) is 1. The first-order chi connectivity index (χ1) is 7.15. The van der Waals surface area contributed by atoms with Crippen LogP contribution >= 0.6 is 11.6 Å². The summed E-state index contributed by atoms with van der Waals surface area (Å²) in [5.74, 6) is 0.903. The van der Waals surface area contributed by atoms with Crippen LogP contribution in [-0.4, -0.2) is 6.04 Å². The van der Waals surface area contributed by atoms with E-state index in [-0.39, 0.29) is 0 Å². The van der Waals surface area contributed by atoms with Crippen LogP contribution in [0, 0.1) is 5.92 Å². The van der Waals surface area contributed by atoms with Crippen molar-refractivity contribution in [2.24, 2.45) is 5.92 Å². The van der Waals surface area contributed by atoms with Gasteiger partial charge in [-0.1, -0.05) is 30.7 Å². The van der Waals surface area contributed by atoms with Crippen molar-refractivity contribution in [3.8, 4) is 0 Å². The lowest BCUT2D eigenvalue weighted by atomic mass is 9.81. The second kappa shape index (κ2) is 4.54. The molecule has 1 aromatic rings. The summed E-state index contributed by atoms with van der Waals surface area (Å²) in [6.45, 7) is 4.53. The van der Waals surface area contributed by atoms with Crippen LogP contribution < -0.4 is 5.32 Å². The third-order valence-electron chi connectivity index (χ3n) is 3.23. The van der Waals surface area contributed by atoms with Crippen LogP contribution in [0.2, 0.25) is 5.02 Å². The van der Waals surface area contributed by atoms with Crippen molar-refractivity contribution in [1.29, 1.82) is 0 Å². The Morgan fingerprint density at radius 3 is 2.40 bits per heavy atom. The summed E-state index contributed by atoms with van der Waals surface area (Å²) in [5.41, 5.74) is 1.32. The van der Waals surface area contributed by atoms with Crippen LogP contribution in [0.5, 0.6) is 0 Å². The lowest BCUT2D eigenvalue weighted by molar-refractivity contribution is 0.226. The molecule has 1 atom stereocenters. The minimum absolute atomic E-state index is 0.430. The van der Waals surface area contributed by atoms with Crippen molar-refractivity contribution in [2.75, 3.05) is 0 Å². The van der Waals surface area contributed by atoms with Gasteiger partial charge in [-0.25, -0.2) is 0 Å². The predicted molar refractivity (Wildman–Crippen MR) is 65.2 cm³/mol. The molecule has 0 aromatic heterocycles. The zero-order valence-electron chi connectivity index (χ0n) is 9.33. The molecule has 1 aliphatic carbocycles. The molecule has 2 rings (SSSR count). The van der Waals surface area contributed by atoms with Gasteiger partial charge < -0.3 is 5.32 Å². The molecule has 0 aliphatic heterocycles. The number of benzene rings is 1. The van der Waals surface area contributed by atoms with Crippen molar-refractivity contribution in [1.82, 2.24) is 5.32 Å². The summed E-state index contributed by atoms with van der Waals surface area (Å²) in [6.07, 6.45) is 2.63. The molecule has 0 unspecified atom stereocenters. The van der Waals surface area contributed by atoms with E-state index in [0.717, 1.165) is 10.9 Å². The smallest absolute Gasteiger partial charge is 0.0406 e. The van der Waals surface area contributed by atoms with Gasteiger partial charge in [-0.2, -0.15) is 0 Å². The van der Waals surface area contributed by atoms with Gasteiger partial charge in [-0.3, -0.25) is 0 Å². The number of rotatable bonds is 3. The minimum atomic E-state index is 0.430. The van der Waals surface area contributed by atoms with Crippen LogP contribution in [0.15, 0.2) is 24.3 Å². The van der Waals surface area contributed by atoms with Gasteiger partial charge in [0.1, 0.15) is 0 Å². The molecule has 0 amide bonds. The summed E-state index contributed by atoms with van der Waals surface area (Å²) in [4.78, 5) is 0. The minimum Gasteiger partial charge on any atom is -0.307 e. The van der Waals surface area contributed by atoms with E-state index < -0.39 is 0 Å². The molecule has 0 radical (unpaired) electrons. The first kappa shape index (κ1) is 11.0. The number of halogens is 1. The standard InChI is InChI=1S/C13H18ClN/c1-9-7-13(8-9)15-10(2)11-3-5-12(14)6-4-11/h3-6,9-10,13,15H,7-8H2,1-2H3/t9?,10-,13?/m0/s1. The molecule has 1 aromatic carbocycles. The maximum absolute atomic E-state index is 5.86. The van der Waals surface area contributed by atoms with Gasteiger partial charge in [0, 0.05) is 17.1 Å². The van der Waals surface area contributed by atoms with E-state index in [2.05, 4.69) is 31.3 Å². The highest BCUT2D eigenvalue weighted by molar-refractivity contribution is 6.30. The van der Waals surface area contributed by atoms with Gasteiger partial charge in [0.05, 0.1) is 0 Å². The molecule has 0 spiro atoms. The summed E-state index contributed by atoms with van der Waals surface area (Å²) in [5, 5.41) is 4.45. The van der Waals surface area contributed by atoms with Crippen molar-refractivity contribution >= 4 is 11.6 Å². The van der Waals surface area contributed by atoms with Crippen LogP contribution in [0.1, 0.15) is 38.3 Å². The third kappa shape index (κ3) is 2.73. The molecule has 0 bridgehead atoms. The van der Waals surface area contributed by atoms with Gasteiger partial charge in [-0.15, -0.1) is 0 Å². The van der Waals surface area contributed by atoms with E-state index in [1.165, 1.54) is 18.4 Å². The second-order valence-corrected chi connectivity index (χ2v) is 5.15. The molecule has 1 nitrogen and oxygen atoms in total. The van der Waals surface area contributed by atoms with Gasteiger partial charge in [0.25, 0.3) is 0 Å². The molecule has 0 heterocycles. The Kier molecular flexibility index (Phi) is 3.32. The highest BCUT2D eigenvalue weighted by Crippen LogP contribution is 2.28. The average molecular weight is 224 g/mol. The van der Waals surface area contributed by atoms with E-state index in [4.69, 9.17) is 11.6 Å². The number of hydrogen-bond donors (Lipinski definition) is 1. The quantitative estimate of drug-likeness (QED) is 0.822. The monoisotopic (exact) mass is 223 g/mol. The van der Waals surface area contributed by atoms with Gasteiger partial charge in [0.2, 0.25) is 0 Å². The zero-order chi connectivity index (χ0) is 10.8. The summed E-state index contributed by atoms with van der Waals surface area (Å²) in [7, 11) is 0. The first-order valence-corrected chi connectivity index (χ1v) is 6.04. The normalized spacial score (nSPS) is 27.1. The molecule has 0 saturated heterocycles. The Morgan fingerprint density at radius 1 is 1.27 bits per heavy atom. The summed E-state index contributed by atoms with van der Waals surface area (Å²) >= 11 is 5.86. The molecule has 1 N–H and O–H groups in total. The average Bonchev–Trinajstić information content (AvgIpc) is 2.16. The predicted octanol–water partition coefficient (Wildman–Crippen LogP) is 3.79. The molecule has 2 heteroatoms. The van der Waals surface area contributed by atoms with E-state index in [1.54, 1.807) is 0 Å². The number of nitrogens with one attached hydrogen (secondary N) is 1. The van der Waals surface area contributed by atoms with Crippen molar-refractivity contribution in [3.05, 3.63) is 34.9 Å². The van der Waals surface area contributed by atoms with Gasteiger partial charge in [0.15, 0.2) is 0 Å². The van der Waals surface area contributed by atoms with E-state index in [9.17, 15) is 0 Å². The van der Waals surface area contributed by atoms with Gasteiger partial charge in [-0.05, 0) is 43.4 Å². The van der Waals surface area contributed by atoms with Crippen molar-refractivity contribution < 1.29 is 0 Å². The highest BCUT2D eigenvalue weighted by Gasteiger charge is 2.26. The Morgan fingerprint density at radius 2 is 1.87 bits per heavy atom. The van der Waals surface area contributed by atoms with E-state index in [1.807, 2.05) is 12.1 Å². The fraction of sp³-hybridized carbons (Fsp3) is 0.538. The van der Waals surface area contributed by atoms with Crippen LogP contribution in [0.25, 0.3) is 0 Å². The molecule has 15 heavy (non-hydrogen) atoms. The van der Waals surface area contributed by atoms with E-state index >= 15 is 0 Å². The fourth-order valence-electron chi connectivity index (χ4n) is 2.24. The second-order valence-electron chi connectivity index (χ2n) is 4.71. The lowest BCUT2D eigenvalue weighted by Crippen LogP contribution is -2.41. The van der Waals surface area contributed by atoms with Crippen LogP contribution in [0.4, 0.5) is 0 Å². The van der Waals surface area contributed by atoms with Crippen LogP contribution in [0.3, 0.4) is 0 Å². The summed E-state index contributed by atoms with van der Waals surface area (Å²) in [6, 6.07) is 9.26. The first-order valence-electron chi connectivity index (χ1n) is 5.66. The third-order valence-corrected chi connectivity index (χ3v) is 3.48. The summed E-state index contributed by atoms with van der Waals surface area (Å²) < 4.78 is 0. The largest absolute Gasteiger partial charge is 0.307 e. The SMILES string of the molecule is CC1CC(N[C@@H](C)c2ccc(Cl)cc2)C1. The lowest BCUT2D eigenvalue weighted by Gasteiger charge is -2.35. The molecule has 1 saturated carbocycles. The molecular weight excluding hydrogens is 206 g/mol. The van der Waals surface area contributed by atoms with E-state index in [0.29, 0.717) is 12.1 Å². The maximum atomic E-state index is 5.86. The molecular formula is C13H18ClN. The van der Waals surface area contributed by atoms with Crippen molar-refractivity contribution in [3.63, 3.8) is 0 Å². The fourth-order valence-corrected chi connectivity index (χ4v) is 2.37. The Balaban J connectivity index is 1.90. The Bertz CT molecular complexity index is 314. The maximum Gasteiger partial charge on any atom is 0.0406 e. The molecule has 82 valence electrons. The zero-order valence-corrected chi connectivity index (χ0v) is 10.1. The van der Waals surface area contributed by atoms with Crippen molar-refractivity contribution in [2.45, 2.75) is 38.8 Å². The Hall–Kier alpha value is -0.530. The molecule has 1 fully saturated rings. The highest BCUT2D eigenvalue weighted by atomic mass is 35.5. The Labute approximate surface area is 96.8 Å².